The number of hydrogen-bond acceptors (Lipinski definition) is 4. The van der Waals surface area contributed by atoms with Gasteiger partial charge >= 0.3 is 0 Å². The number of methoxy groups -OCH3 is 1. The Kier molecular flexibility index (Phi) is 6.68. The molecule has 1 rings (SSSR count). The fraction of sp³-hybridized carbons (Fsp3) is 0.333. The summed E-state index contributed by atoms with van der Waals surface area (Å²) in [5, 5.41) is 7.75. The minimum atomic E-state index is 0.0972. The van der Waals surface area contributed by atoms with Crippen molar-refractivity contribution in [3.8, 4) is 5.75 Å². The number of hydrogen-bond donors (Lipinski definition) is 3. The summed E-state index contributed by atoms with van der Waals surface area (Å²) < 4.78 is 4.92. The van der Waals surface area contributed by atoms with Crippen LogP contribution in [0.15, 0.2) is 24.3 Å². The van der Waals surface area contributed by atoms with E-state index >= 15 is 0 Å². The van der Waals surface area contributed by atoms with Crippen molar-refractivity contribution in [2.75, 3.05) is 26.0 Å². The highest BCUT2D eigenvalue weighted by Gasteiger charge is 1.87. The topological polar surface area (TPSA) is 81.5 Å². The smallest absolute Gasteiger partial charge is 0.120 e. The first-order chi connectivity index (χ1) is 6.24. The van der Waals surface area contributed by atoms with E-state index in [0.717, 1.165) is 11.4 Å². The van der Waals surface area contributed by atoms with Crippen LogP contribution in [0.4, 0.5) is 5.69 Å². The highest BCUT2D eigenvalue weighted by molar-refractivity contribution is 5.43. The third-order valence-electron chi connectivity index (χ3n) is 1.22. The molecule has 0 radical (unpaired) electrons. The lowest BCUT2D eigenvalue weighted by atomic mass is 10.3. The Morgan fingerprint density at radius 2 is 2.08 bits per heavy atom. The second-order valence-corrected chi connectivity index (χ2v) is 2.29. The van der Waals surface area contributed by atoms with Crippen LogP contribution in [0.1, 0.15) is 0 Å². The maximum atomic E-state index is 7.75. The van der Waals surface area contributed by atoms with Gasteiger partial charge in [-0.1, -0.05) is 6.07 Å². The van der Waals surface area contributed by atoms with E-state index in [-0.39, 0.29) is 6.61 Å². The zero-order valence-electron chi connectivity index (χ0n) is 7.73. The Morgan fingerprint density at radius 1 is 1.46 bits per heavy atom. The third kappa shape index (κ3) is 5.95. The van der Waals surface area contributed by atoms with E-state index in [1.807, 2.05) is 18.2 Å². The lowest BCUT2D eigenvalue weighted by Gasteiger charge is -1.97. The highest BCUT2D eigenvalue weighted by Crippen LogP contribution is 2.12. The molecule has 0 aliphatic rings. The first kappa shape index (κ1) is 11.7. The molecule has 74 valence electrons. The quantitative estimate of drug-likeness (QED) is 0.574. The van der Waals surface area contributed by atoms with Crippen molar-refractivity contribution < 1.29 is 9.84 Å². The highest BCUT2D eigenvalue weighted by atomic mass is 16.5. The van der Waals surface area contributed by atoms with E-state index in [0.29, 0.717) is 6.54 Å². The predicted molar refractivity (Wildman–Crippen MR) is 53.5 cm³/mol. The Hall–Kier alpha value is -1.26. The summed E-state index contributed by atoms with van der Waals surface area (Å²) in [5.41, 5.74) is 11.0. The summed E-state index contributed by atoms with van der Waals surface area (Å²) in [4.78, 5) is 0. The van der Waals surface area contributed by atoms with Crippen LogP contribution < -0.4 is 16.2 Å². The fourth-order valence-corrected chi connectivity index (χ4v) is 0.642. The maximum Gasteiger partial charge on any atom is 0.120 e. The van der Waals surface area contributed by atoms with Gasteiger partial charge in [0.1, 0.15) is 5.75 Å². The zero-order valence-corrected chi connectivity index (χ0v) is 7.73. The van der Waals surface area contributed by atoms with Crippen LogP contribution in [0, 0.1) is 0 Å². The van der Waals surface area contributed by atoms with Gasteiger partial charge in [0.2, 0.25) is 0 Å². The summed E-state index contributed by atoms with van der Waals surface area (Å²) in [5.74, 6) is 0.801. The molecule has 4 nitrogen and oxygen atoms in total. The van der Waals surface area contributed by atoms with Gasteiger partial charge in [0, 0.05) is 18.3 Å². The second-order valence-electron chi connectivity index (χ2n) is 2.29. The van der Waals surface area contributed by atoms with E-state index in [1.165, 1.54) is 0 Å². The number of benzene rings is 1. The van der Waals surface area contributed by atoms with Crippen molar-refractivity contribution in [1.29, 1.82) is 0 Å². The molecule has 0 atom stereocenters. The van der Waals surface area contributed by atoms with Crippen LogP contribution in [0.5, 0.6) is 5.75 Å². The number of aliphatic hydroxyl groups excluding tert-OH is 1. The summed E-state index contributed by atoms with van der Waals surface area (Å²) in [6, 6.07) is 7.31. The Bertz CT molecular complexity index is 227. The molecule has 0 aliphatic heterocycles. The Balaban J connectivity index is 0.000000310. The summed E-state index contributed by atoms with van der Waals surface area (Å²) in [7, 11) is 1.62. The van der Waals surface area contributed by atoms with E-state index in [1.54, 1.807) is 13.2 Å². The number of rotatable bonds is 2. The number of aliphatic hydroxyl groups is 1. The molecule has 0 saturated heterocycles. The van der Waals surface area contributed by atoms with Gasteiger partial charge in [0.15, 0.2) is 0 Å². The van der Waals surface area contributed by atoms with Gasteiger partial charge in [0.05, 0.1) is 13.7 Å². The van der Waals surface area contributed by atoms with Crippen LogP contribution in [0.25, 0.3) is 0 Å². The first-order valence-electron chi connectivity index (χ1n) is 3.95. The van der Waals surface area contributed by atoms with Crippen molar-refractivity contribution in [1.82, 2.24) is 0 Å². The first-order valence-corrected chi connectivity index (χ1v) is 3.95. The van der Waals surface area contributed by atoms with Crippen molar-refractivity contribution in [3.05, 3.63) is 24.3 Å². The average Bonchev–Trinajstić information content (AvgIpc) is 2.18. The predicted octanol–water partition coefficient (Wildman–Crippen LogP) is 0.215. The minimum Gasteiger partial charge on any atom is -0.497 e. The lowest BCUT2D eigenvalue weighted by molar-refractivity contribution is 0.306. The molecule has 1 aromatic carbocycles. The SMILES string of the molecule is COc1cccc(N)c1.NCCO. The normalized spacial score (nSPS) is 8.54. The molecule has 0 fully saturated rings. The summed E-state index contributed by atoms with van der Waals surface area (Å²) in [6.07, 6.45) is 0. The molecule has 0 heterocycles. The average molecular weight is 184 g/mol. The van der Waals surface area contributed by atoms with Crippen molar-refractivity contribution >= 4 is 5.69 Å². The molecule has 1 aromatic rings. The molecule has 13 heavy (non-hydrogen) atoms. The van der Waals surface area contributed by atoms with E-state index in [4.69, 9.17) is 21.3 Å². The maximum absolute atomic E-state index is 7.75. The molecular formula is C9H16N2O2. The lowest BCUT2D eigenvalue weighted by Crippen LogP contribution is -2.02. The zero-order chi connectivity index (χ0) is 10.1. The second kappa shape index (κ2) is 7.39. The standard InChI is InChI=1S/C7H9NO.C2H7NO/c1-9-7-4-2-3-6(8)5-7;3-1-2-4/h2-5H,8H2,1H3;4H,1-3H2. The largest absolute Gasteiger partial charge is 0.497 e. The van der Waals surface area contributed by atoms with Crippen LogP contribution >= 0.6 is 0 Å². The van der Waals surface area contributed by atoms with Gasteiger partial charge in [-0.05, 0) is 12.1 Å². The number of anilines is 1. The van der Waals surface area contributed by atoms with Crippen LogP contribution in [0.2, 0.25) is 0 Å². The van der Waals surface area contributed by atoms with E-state index in [2.05, 4.69) is 0 Å². The van der Waals surface area contributed by atoms with Crippen molar-refractivity contribution in [2.45, 2.75) is 0 Å². The molecule has 0 spiro atoms. The minimum absolute atomic E-state index is 0.0972. The van der Waals surface area contributed by atoms with Gasteiger partial charge in [-0.15, -0.1) is 0 Å². The van der Waals surface area contributed by atoms with Crippen LogP contribution in [-0.2, 0) is 0 Å². The molecule has 4 heteroatoms. The molecule has 0 aromatic heterocycles. The van der Waals surface area contributed by atoms with Crippen LogP contribution in [0.3, 0.4) is 0 Å². The summed E-state index contributed by atoms with van der Waals surface area (Å²) >= 11 is 0. The van der Waals surface area contributed by atoms with Gasteiger partial charge in [-0.25, -0.2) is 0 Å². The molecule has 0 aliphatic carbocycles. The van der Waals surface area contributed by atoms with E-state index < -0.39 is 0 Å². The Morgan fingerprint density at radius 3 is 2.38 bits per heavy atom. The molecular weight excluding hydrogens is 168 g/mol. The van der Waals surface area contributed by atoms with Gasteiger partial charge in [0.25, 0.3) is 0 Å². The molecule has 0 saturated carbocycles. The van der Waals surface area contributed by atoms with Gasteiger partial charge in [-0.2, -0.15) is 0 Å². The number of nitrogens with two attached hydrogens (primary N) is 2. The van der Waals surface area contributed by atoms with Crippen molar-refractivity contribution in [3.63, 3.8) is 0 Å². The molecule has 0 bridgehead atoms. The third-order valence-corrected chi connectivity index (χ3v) is 1.22. The monoisotopic (exact) mass is 184 g/mol. The summed E-state index contributed by atoms with van der Waals surface area (Å²) in [6.45, 7) is 0.472. The molecule has 0 unspecified atom stereocenters. The molecule has 5 N–H and O–H groups in total. The van der Waals surface area contributed by atoms with Crippen LogP contribution in [-0.4, -0.2) is 25.4 Å². The van der Waals surface area contributed by atoms with E-state index in [9.17, 15) is 0 Å². The fourth-order valence-electron chi connectivity index (χ4n) is 0.642. The van der Waals surface area contributed by atoms with Gasteiger partial charge < -0.3 is 21.3 Å². The number of ether oxygens (including phenoxy) is 1. The van der Waals surface area contributed by atoms with Gasteiger partial charge in [-0.3, -0.25) is 0 Å². The molecule has 0 amide bonds. The Labute approximate surface area is 78.1 Å². The number of nitrogen functional groups attached to an aromatic ring is 1. The van der Waals surface area contributed by atoms with Crippen molar-refractivity contribution in [2.24, 2.45) is 5.73 Å².